The van der Waals surface area contributed by atoms with Crippen LogP contribution in [0.5, 0.6) is 0 Å². The third kappa shape index (κ3) is 4.34. The van der Waals surface area contributed by atoms with Gasteiger partial charge in [0.25, 0.3) is 0 Å². The summed E-state index contributed by atoms with van der Waals surface area (Å²) in [5.74, 6) is 0.624. The zero-order valence-electron chi connectivity index (χ0n) is 25.6. The van der Waals surface area contributed by atoms with Gasteiger partial charge in [0.1, 0.15) is 11.6 Å². The molecule has 1 aromatic heterocycles. The molecule has 9 rings (SSSR count). The highest BCUT2D eigenvalue weighted by Gasteiger charge is 2.39. The second-order valence-corrected chi connectivity index (χ2v) is 12.3. The molecule has 47 heavy (non-hydrogen) atoms. The molecular formula is C44H29N3. The molecule has 0 aliphatic heterocycles. The van der Waals surface area contributed by atoms with Crippen molar-refractivity contribution in [3.8, 4) is 51.0 Å². The maximum Gasteiger partial charge on any atom is 0.160 e. The van der Waals surface area contributed by atoms with Crippen LogP contribution in [0, 0.1) is 11.3 Å². The number of hydrogen-bond donors (Lipinski definition) is 0. The van der Waals surface area contributed by atoms with Crippen LogP contribution in [0.2, 0.25) is 0 Å². The van der Waals surface area contributed by atoms with Crippen molar-refractivity contribution in [1.29, 1.82) is 5.26 Å². The Labute approximate surface area is 274 Å². The van der Waals surface area contributed by atoms with Gasteiger partial charge in [0, 0.05) is 17.0 Å². The van der Waals surface area contributed by atoms with E-state index in [0.29, 0.717) is 17.1 Å². The van der Waals surface area contributed by atoms with E-state index in [1.807, 2.05) is 60.7 Å². The van der Waals surface area contributed by atoms with Gasteiger partial charge >= 0.3 is 0 Å². The van der Waals surface area contributed by atoms with Crippen molar-refractivity contribution < 1.29 is 0 Å². The van der Waals surface area contributed by atoms with E-state index >= 15 is 0 Å². The maximum absolute atomic E-state index is 10.9. The molecule has 3 heteroatoms. The normalized spacial score (nSPS) is 15.6. The average molecular weight is 600 g/mol. The lowest BCUT2D eigenvalue weighted by molar-refractivity contribution is 0.777. The minimum Gasteiger partial charge on any atom is -0.231 e. The molecule has 0 bridgehead atoms. The van der Waals surface area contributed by atoms with Gasteiger partial charge in [0.15, 0.2) is 5.82 Å². The van der Waals surface area contributed by atoms with Crippen molar-refractivity contribution in [3.63, 3.8) is 0 Å². The largest absolute Gasteiger partial charge is 0.231 e. The number of nitriles is 1. The molecular weight excluding hydrogens is 571 g/mol. The van der Waals surface area contributed by atoms with Crippen LogP contribution >= 0.6 is 0 Å². The van der Waals surface area contributed by atoms with E-state index in [-0.39, 0.29) is 11.8 Å². The molecule has 0 saturated carbocycles. The molecule has 2 unspecified atom stereocenters. The van der Waals surface area contributed by atoms with Gasteiger partial charge in [-0.25, -0.2) is 9.97 Å². The number of hydrogen-bond acceptors (Lipinski definition) is 3. The lowest BCUT2D eigenvalue weighted by atomic mass is 9.72. The first-order valence-electron chi connectivity index (χ1n) is 16.1. The quantitative estimate of drug-likeness (QED) is 0.202. The van der Waals surface area contributed by atoms with Crippen molar-refractivity contribution in [2.45, 2.75) is 18.3 Å². The van der Waals surface area contributed by atoms with Crippen molar-refractivity contribution in [2.75, 3.05) is 0 Å². The first-order valence-corrected chi connectivity index (χ1v) is 16.1. The van der Waals surface area contributed by atoms with Crippen LogP contribution in [0.4, 0.5) is 0 Å². The Kier molecular flexibility index (Phi) is 6.40. The predicted octanol–water partition coefficient (Wildman–Crippen LogP) is 10.2. The highest BCUT2D eigenvalue weighted by molar-refractivity contribution is 5.88. The lowest BCUT2D eigenvalue weighted by Crippen LogP contribution is -2.17. The Balaban J connectivity index is 1.35. The van der Waals surface area contributed by atoms with E-state index in [1.54, 1.807) is 0 Å². The lowest BCUT2D eigenvalue weighted by Gasteiger charge is -2.31. The second-order valence-electron chi connectivity index (χ2n) is 12.3. The van der Waals surface area contributed by atoms with Gasteiger partial charge < -0.3 is 0 Å². The van der Waals surface area contributed by atoms with E-state index in [0.717, 1.165) is 23.2 Å². The summed E-state index contributed by atoms with van der Waals surface area (Å²) < 4.78 is 0. The zero-order chi connectivity index (χ0) is 31.3. The number of aromatic nitrogens is 2. The molecule has 6 aromatic carbocycles. The Bertz CT molecular complexity index is 2340. The van der Waals surface area contributed by atoms with E-state index in [9.17, 15) is 5.26 Å². The number of fused-ring (bicyclic) bond motifs is 7. The molecule has 0 saturated heterocycles. The Morgan fingerprint density at radius 1 is 0.532 bits per heavy atom. The van der Waals surface area contributed by atoms with Crippen molar-refractivity contribution in [3.05, 3.63) is 191 Å². The third-order valence-electron chi connectivity index (χ3n) is 9.85. The predicted molar refractivity (Wildman–Crippen MR) is 188 cm³/mol. The van der Waals surface area contributed by atoms with Gasteiger partial charge in [-0.15, -0.1) is 0 Å². The summed E-state index contributed by atoms with van der Waals surface area (Å²) in [6.45, 7) is 0. The molecule has 0 spiro atoms. The van der Waals surface area contributed by atoms with Gasteiger partial charge in [-0.05, 0) is 56.5 Å². The zero-order valence-corrected chi connectivity index (χ0v) is 25.6. The summed E-state index contributed by atoms with van der Waals surface area (Å²) in [6, 6.07) is 55.7. The molecule has 1 heterocycles. The molecule has 2 aliphatic carbocycles. The van der Waals surface area contributed by atoms with E-state index in [4.69, 9.17) is 9.97 Å². The Morgan fingerprint density at radius 2 is 1.11 bits per heavy atom. The van der Waals surface area contributed by atoms with Crippen LogP contribution < -0.4 is 0 Å². The highest BCUT2D eigenvalue weighted by atomic mass is 14.9. The Morgan fingerprint density at radius 3 is 1.81 bits per heavy atom. The van der Waals surface area contributed by atoms with Crippen LogP contribution in [0.25, 0.3) is 44.9 Å². The highest BCUT2D eigenvalue weighted by Crippen LogP contribution is 2.55. The summed E-state index contributed by atoms with van der Waals surface area (Å²) in [5.41, 5.74) is 15.2. The van der Waals surface area contributed by atoms with Crippen LogP contribution in [-0.2, 0) is 6.42 Å². The van der Waals surface area contributed by atoms with Gasteiger partial charge in [-0.3, -0.25) is 0 Å². The molecule has 3 nitrogen and oxygen atoms in total. The Hall–Kier alpha value is -6.11. The molecule has 2 atom stereocenters. The van der Waals surface area contributed by atoms with Crippen molar-refractivity contribution >= 4 is 0 Å². The summed E-state index contributed by atoms with van der Waals surface area (Å²) in [5, 5.41) is 10.9. The first-order chi connectivity index (χ1) is 23.3. The van der Waals surface area contributed by atoms with Crippen LogP contribution in [0.15, 0.2) is 152 Å². The SMILES string of the molecule is N#Cc1c(-c2ccccc2)nc(-c2ccccc2)nc1C1c2ccccc2-c2ccc3c(c21)CC(c1ccccc1)c1ccccc1-3. The monoisotopic (exact) mass is 599 g/mol. The van der Waals surface area contributed by atoms with Crippen molar-refractivity contribution in [1.82, 2.24) is 9.97 Å². The number of nitrogens with zero attached hydrogens (tertiary/aromatic N) is 3. The minimum absolute atomic E-state index is 0.219. The summed E-state index contributed by atoms with van der Waals surface area (Å²) >= 11 is 0. The molecule has 0 fully saturated rings. The van der Waals surface area contributed by atoms with E-state index < -0.39 is 0 Å². The van der Waals surface area contributed by atoms with Gasteiger partial charge in [0.2, 0.25) is 0 Å². The third-order valence-corrected chi connectivity index (χ3v) is 9.85. The van der Waals surface area contributed by atoms with Gasteiger partial charge in [0.05, 0.1) is 17.3 Å². The fourth-order valence-corrected chi connectivity index (χ4v) is 7.80. The van der Waals surface area contributed by atoms with E-state index in [1.165, 1.54) is 50.1 Å². The molecule has 0 N–H and O–H groups in total. The second kappa shape index (κ2) is 11.1. The molecule has 0 radical (unpaired) electrons. The fourth-order valence-electron chi connectivity index (χ4n) is 7.80. The number of benzene rings is 6. The smallest absolute Gasteiger partial charge is 0.160 e. The molecule has 2 aliphatic rings. The minimum atomic E-state index is -0.222. The van der Waals surface area contributed by atoms with Crippen LogP contribution in [0.1, 0.15) is 50.9 Å². The molecule has 7 aromatic rings. The fraction of sp³-hybridized carbons (Fsp3) is 0.0682. The maximum atomic E-state index is 10.9. The summed E-state index contributed by atoms with van der Waals surface area (Å²) in [6.07, 6.45) is 0.869. The summed E-state index contributed by atoms with van der Waals surface area (Å²) in [7, 11) is 0. The number of rotatable bonds is 4. The van der Waals surface area contributed by atoms with Crippen LogP contribution in [0.3, 0.4) is 0 Å². The van der Waals surface area contributed by atoms with Gasteiger partial charge in [-0.2, -0.15) is 5.26 Å². The average Bonchev–Trinajstić information content (AvgIpc) is 3.49. The molecule has 220 valence electrons. The van der Waals surface area contributed by atoms with E-state index in [2.05, 4.69) is 97.1 Å². The van der Waals surface area contributed by atoms with Gasteiger partial charge in [-0.1, -0.05) is 152 Å². The van der Waals surface area contributed by atoms with Crippen LogP contribution in [-0.4, -0.2) is 9.97 Å². The molecule has 0 amide bonds. The van der Waals surface area contributed by atoms with Crippen molar-refractivity contribution in [2.24, 2.45) is 0 Å². The summed E-state index contributed by atoms with van der Waals surface area (Å²) in [4.78, 5) is 10.4. The topological polar surface area (TPSA) is 49.6 Å². The standard InChI is InChI=1S/C44H29N3/c45-27-39-42(29-16-6-2-7-17-29)46-44(30-18-8-3-9-19-30)47-43(39)41-35-23-13-12-22-33(35)36-25-24-34-31-20-10-11-21-32(31)37(26-38(34)40(36)41)28-14-4-1-5-15-28/h1-25,37,41H,26H2. The first kappa shape index (κ1) is 27.2.